The van der Waals surface area contributed by atoms with Crippen LogP contribution in [-0.2, 0) is 23.8 Å². The predicted octanol–water partition coefficient (Wildman–Crippen LogP) is 1.90. The average Bonchev–Trinajstić information content (AvgIpc) is 3.12. The van der Waals surface area contributed by atoms with E-state index in [-0.39, 0.29) is 51.7 Å². The Morgan fingerprint density at radius 2 is 2.05 bits per heavy atom. The van der Waals surface area contributed by atoms with E-state index in [1.54, 1.807) is 0 Å². The Labute approximate surface area is 138 Å². The van der Waals surface area contributed by atoms with Gasteiger partial charge in [0, 0.05) is 0 Å². The third kappa shape index (κ3) is 2.56. The van der Waals surface area contributed by atoms with Gasteiger partial charge in [0.15, 0.2) is 0 Å². The van der Waals surface area contributed by atoms with Crippen molar-refractivity contribution in [2.45, 2.75) is 36.4 Å². The summed E-state index contributed by atoms with van der Waals surface area (Å²) in [5.41, 5.74) is 0. The molecule has 2 saturated carbocycles. The third-order valence-corrected chi connectivity index (χ3v) is 9.71. The first-order valence-corrected chi connectivity index (χ1v) is 13.5. The Hall–Kier alpha value is -0.370. The first-order valence-electron chi connectivity index (χ1n) is 7.93. The molecule has 0 aromatic carbocycles. The molecule has 0 spiro atoms. The predicted molar refractivity (Wildman–Crippen MR) is 90.2 cm³/mol. The first-order chi connectivity index (χ1) is 10.5. The van der Waals surface area contributed by atoms with Gasteiger partial charge in [0.2, 0.25) is 0 Å². The number of hydrogen-bond donors (Lipinski definition) is 0. The van der Waals surface area contributed by atoms with Crippen LogP contribution in [0.4, 0.5) is 0 Å². The number of esters is 2. The van der Waals surface area contributed by atoms with Gasteiger partial charge in [-0.15, -0.1) is 0 Å². The van der Waals surface area contributed by atoms with Gasteiger partial charge in [-0.25, -0.2) is 0 Å². The second kappa shape index (κ2) is 6.26. The summed E-state index contributed by atoms with van der Waals surface area (Å²) < 4.78 is 17.0. The summed E-state index contributed by atoms with van der Waals surface area (Å²) in [6, 6.07) is 0. The van der Waals surface area contributed by atoms with Crippen molar-refractivity contribution in [3.05, 3.63) is 0 Å². The van der Waals surface area contributed by atoms with Crippen LogP contribution < -0.4 is 0 Å². The van der Waals surface area contributed by atoms with Crippen LogP contribution in [0.2, 0.25) is 0 Å². The molecule has 3 fully saturated rings. The first kappa shape index (κ1) is 16.5. The van der Waals surface area contributed by atoms with Gasteiger partial charge in [0.05, 0.1) is 0 Å². The van der Waals surface area contributed by atoms with Crippen LogP contribution in [0.1, 0.15) is 20.3 Å². The Morgan fingerprint density at radius 1 is 1.32 bits per heavy atom. The van der Waals surface area contributed by atoms with Gasteiger partial charge < -0.3 is 0 Å². The number of ether oxygens (including phenoxy) is 3. The molecule has 0 amide bonds. The van der Waals surface area contributed by atoms with E-state index in [0.717, 1.165) is 6.42 Å². The van der Waals surface area contributed by atoms with E-state index >= 15 is 0 Å². The molecule has 7 atom stereocenters. The Morgan fingerprint density at radius 3 is 2.68 bits per heavy atom. The SMILES string of the molecule is CCO[C@@H]1C2CC(C3COC(=O)C32)C1OC(=O)C(C)I(C)C. The Bertz CT molecular complexity index is 465. The molecule has 3 aliphatic rings. The average molecular weight is 424 g/mol. The summed E-state index contributed by atoms with van der Waals surface area (Å²) in [6.45, 7) is 4.97. The molecular formula is C16H25IO5. The number of hydrogen-bond acceptors (Lipinski definition) is 5. The van der Waals surface area contributed by atoms with E-state index in [9.17, 15) is 9.59 Å². The van der Waals surface area contributed by atoms with Crippen LogP contribution >= 0.6 is 19.8 Å². The zero-order valence-corrected chi connectivity index (χ0v) is 15.7. The van der Waals surface area contributed by atoms with Crippen molar-refractivity contribution in [1.82, 2.24) is 0 Å². The molecule has 6 heteroatoms. The molecule has 1 saturated heterocycles. The summed E-state index contributed by atoms with van der Waals surface area (Å²) in [7, 11) is 0. The summed E-state index contributed by atoms with van der Waals surface area (Å²) >= 11 is -1.23. The molecule has 0 aromatic rings. The normalized spacial score (nSPS) is 41.1. The number of rotatable bonds is 5. The summed E-state index contributed by atoms with van der Waals surface area (Å²) in [4.78, 5) is 28.7. The quantitative estimate of drug-likeness (QED) is 0.383. The fourth-order valence-corrected chi connectivity index (χ4v) is 5.41. The van der Waals surface area contributed by atoms with Gasteiger partial charge in [-0.3, -0.25) is 0 Å². The molecule has 1 heterocycles. The van der Waals surface area contributed by atoms with E-state index < -0.39 is 19.8 Å². The topological polar surface area (TPSA) is 61.8 Å². The van der Waals surface area contributed by atoms with Gasteiger partial charge in [0.25, 0.3) is 0 Å². The summed E-state index contributed by atoms with van der Waals surface area (Å²) in [6.07, 6.45) is 0.572. The maximum absolute atomic E-state index is 12.4. The van der Waals surface area contributed by atoms with E-state index in [1.807, 2.05) is 13.8 Å². The molecule has 6 unspecified atom stereocenters. The molecule has 0 radical (unpaired) electrons. The minimum absolute atomic E-state index is 0.0304. The fourth-order valence-electron chi connectivity index (χ4n) is 4.25. The molecule has 1 aliphatic heterocycles. The summed E-state index contributed by atoms with van der Waals surface area (Å²) in [5, 5.41) is 0. The zero-order chi connectivity index (χ0) is 16.0. The second-order valence-electron chi connectivity index (χ2n) is 6.63. The van der Waals surface area contributed by atoms with Gasteiger partial charge >= 0.3 is 139 Å². The molecule has 0 N–H and O–H groups in total. The number of carbonyl (C=O) groups excluding carboxylic acids is 2. The number of fused-ring (bicyclic) bond motifs is 5. The number of alkyl halides is 3. The van der Waals surface area contributed by atoms with Crippen molar-refractivity contribution in [2.24, 2.45) is 23.7 Å². The van der Waals surface area contributed by atoms with Gasteiger partial charge in [-0.05, 0) is 0 Å². The van der Waals surface area contributed by atoms with Crippen LogP contribution in [-0.4, -0.2) is 51.1 Å². The van der Waals surface area contributed by atoms with Gasteiger partial charge in [-0.2, -0.15) is 0 Å². The van der Waals surface area contributed by atoms with Crippen LogP contribution in [0.15, 0.2) is 0 Å². The van der Waals surface area contributed by atoms with Crippen LogP contribution in [0.3, 0.4) is 0 Å². The molecule has 5 nitrogen and oxygen atoms in total. The molecule has 0 aromatic heterocycles. The molecular weight excluding hydrogens is 399 g/mol. The number of carbonyl (C=O) groups is 2. The molecule has 2 bridgehead atoms. The second-order valence-corrected chi connectivity index (χ2v) is 13.2. The van der Waals surface area contributed by atoms with Crippen LogP contribution in [0.25, 0.3) is 0 Å². The summed E-state index contributed by atoms with van der Waals surface area (Å²) in [5.74, 6) is 0.353. The zero-order valence-electron chi connectivity index (χ0n) is 13.6. The Kier molecular flexibility index (Phi) is 4.69. The van der Waals surface area contributed by atoms with Crippen molar-refractivity contribution in [3.8, 4) is 0 Å². The Balaban J connectivity index is 1.76. The van der Waals surface area contributed by atoms with Gasteiger partial charge in [-0.1, -0.05) is 0 Å². The van der Waals surface area contributed by atoms with Crippen molar-refractivity contribution in [1.29, 1.82) is 0 Å². The van der Waals surface area contributed by atoms with E-state index in [4.69, 9.17) is 14.2 Å². The molecule has 22 heavy (non-hydrogen) atoms. The number of cyclic esters (lactones) is 1. The standard InChI is InChI=1S/C16H25IO5/c1-5-20-13-10-6-9(11-7-21-16(19)12(10)11)14(13)22-15(18)8(2)17(3)4/h8-14H,5-7H2,1-4H3/t8?,9?,10?,11?,12?,13-,14?/m1/s1. The molecule has 3 rings (SSSR count). The van der Waals surface area contributed by atoms with Crippen LogP contribution in [0, 0.1) is 23.7 Å². The third-order valence-electron chi connectivity index (χ3n) is 5.47. The maximum atomic E-state index is 12.4. The number of halogens is 1. The van der Waals surface area contributed by atoms with Crippen molar-refractivity contribution >= 4 is 31.8 Å². The molecule has 2 aliphatic carbocycles. The van der Waals surface area contributed by atoms with Gasteiger partial charge in [0.1, 0.15) is 0 Å². The fraction of sp³-hybridized carbons (Fsp3) is 0.875. The van der Waals surface area contributed by atoms with Crippen molar-refractivity contribution < 1.29 is 23.8 Å². The molecule has 126 valence electrons. The van der Waals surface area contributed by atoms with E-state index in [0.29, 0.717) is 13.2 Å². The monoisotopic (exact) mass is 424 g/mol. The van der Waals surface area contributed by atoms with Crippen molar-refractivity contribution in [2.75, 3.05) is 23.1 Å². The van der Waals surface area contributed by atoms with Crippen LogP contribution in [0.5, 0.6) is 0 Å². The minimum atomic E-state index is -1.23. The van der Waals surface area contributed by atoms with E-state index in [2.05, 4.69) is 9.86 Å². The van der Waals surface area contributed by atoms with E-state index in [1.165, 1.54) is 0 Å². The van der Waals surface area contributed by atoms with Crippen molar-refractivity contribution in [3.63, 3.8) is 0 Å².